The van der Waals surface area contributed by atoms with Gasteiger partial charge in [0.1, 0.15) is 5.03 Å². The topological polar surface area (TPSA) is 47.0 Å². The van der Waals surface area contributed by atoms with E-state index in [1.807, 2.05) is 48.5 Å². The van der Waals surface area contributed by atoms with E-state index in [4.69, 9.17) is 0 Å². The van der Waals surface area contributed by atoms with Gasteiger partial charge in [-0.1, -0.05) is 48.2 Å². The fourth-order valence-electron chi connectivity index (χ4n) is 2.58. The predicted octanol–water partition coefficient (Wildman–Crippen LogP) is 4.16. The molecule has 0 amide bonds. The number of allylic oxidation sites excluding steroid dienone is 4. The first-order chi connectivity index (χ1) is 11.6. The molecule has 0 saturated carbocycles. The average molecular weight is 335 g/mol. The molecule has 1 aromatic heterocycles. The van der Waals surface area contributed by atoms with Gasteiger partial charge in [0.2, 0.25) is 0 Å². The third-order valence-electron chi connectivity index (χ3n) is 3.83. The second-order valence-corrected chi connectivity index (χ2v) is 6.61. The molecule has 1 aromatic carbocycles. The number of ketones is 2. The number of hydrogen-bond donors (Lipinski definition) is 0. The van der Waals surface area contributed by atoms with Crippen molar-refractivity contribution >= 4 is 23.3 Å². The first kappa shape index (κ1) is 16.4. The van der Waals surface area contributed by atoms with Gasteiger partial charge in [-0.2, -0.15) is 0 Å². The van der Waals surface area contributed by atoms with Crippen LogP contribution in [0.15, 0.2) is 81.9 Å². The van der Waals surface area contributed by atoms with E-state index in [0.717, 1.165) is 17.0 Å². The third kappa shape index (κ3) is 3.71. The number of pyridine rings is 1. The molecular formula is C20H17NO2S. The summed E-state index contributed by atoms with van der Waals surface area (Å²) in [5.74, 6) is -0.144. The monoisotopic (exact) mass is 335 g/mol. The Balaban J connectivity index is 1.89. The Morgan fingerprint density at radius 2 is 1.71 bits per heavy atom. The first-order valence-corrected chi connectivity index (χ1v) is 8.60. The molecule has 3 rings (SSSR count). The lowest BCUT2D eigenvalue weighted by Gasteiger charge is -2.17. The fourth-order valence-corrected chi connectivity index (χ4v) is 3.53. The number of carbonyl (C=O) groups is 2. The van der Waals surface area contributed by atoms with Crippen LogP contribution >= 0.6 is 11.8 Å². The second kappa shape index (κ2) is 7.41. The Hall–Kier alpha value is -2.46. The highest BCUT2D eigenvalue weighted by molar-refractivity contribution is 8.04. The van der Waals surface area contributed by atoms with E-state index in [1.165, 1.54) is 17.8 Å². The van der Waals surface area contributed by atoms with Gasteiger partial charge < -0.3 is 0 Å². The van der Waals surface area contributed by atoms with Gasteiger partial charge in [-0.05, 0) is 43.5 Å². The molecule has 24 heavy (non-hydrogen) atoms. The van der Waals surface area contributed by atoms with Crippen LogP contribution < -0.4 is 0 Å². The molecule has 3 nitrogen and oxygen atoms in total. The van der Waals surface area contributed by atoms with Crippen LogP contribution in [-0.2, 0) is 16.0 Å². The number of aryl methyl sites for hydroxylation is 1. The zero-order valence-electron chi connectivity index (χ0n) is 13.4. The van der Waals surface area contributed by atoms with Crippen molar-refractivity contribution in [3.8, 4) is 0 Å². The Kier molecular flexibility index (Phi) is 5.06. The Morgan fingerprint density at radius 1 is 0.958 bits per heavy atom. The number of rotatable bonds is 5. The normalized spacial score (nSPS) is 14.8. The summed E-state index contributed by atoms with van der Waals surface area (Å²) in [5.41, 5.74) is 2.26. The van der Waals surface area contributed by atoms with Gasteiger partial charge in [0, 0.05) is 17.3 Å². The van der Waals surface area contributed by atoms with Crippen molar-refractivity contribution in [2.24, 2.45) is 0 Å². The molecule has 0 spiro atoms. The van der Waals surface area contributed by atoms with Gasteiger partial charge in [-0.15, -0.1) is 0 Å². The molecule has 4 heteroatoms. The van der Waals surface area contributed by atoms with Crippen molar-refractivity contribution in [3.63, 3.8) is 0 Å². The fraction of sp³-hybridized carbons (Fsp3) is 0.150. The van der Waals surface area contributed by atoms with Crippen LogP contribution in [0.3, 0.4) is 0 Å². The highest BCUT2D eigenvalue weighted by Gasteiger charge is 2.27. The Morgan fingerprint density at radius 3 is 2.42 bits per heavy atom. The van der Waals surface area contributed by atoms with Crippen LogP contribution in [-0.4, -0.2) is 16.6 Å². The second-order valence-electron chi connectivity index (χ2n) is 5.58. The van der Waals surface area contributed by atoms with Crippen molar-refractivity contribution in [1.29, 1.82) is 0 Å². The molecule has 1 heterocycles. The largest absolute Gasteiger partial charge is 0.289 e. The minimum absolute atomic E-state index is 0.0380. The van der Waals surface area contributed by atoms with Crippen LogP contribution in [0.4, 0.5) is 0 Å². The predicted molar refractivity (Wildman–Crippen MR) is 95.7 cm³/mol. The summed E-state index contributed by atoms with van der Waals surface area (Å²) in [6.07, 6.45) is 4.39. The van der Waals surface area contributed by atoms with Crippen molar-refractivity contribution in [3.05, 3.63) is 82.4 Å². The summed E-state index contributed by atoms with van der Waals surface area (Å²) >= 11 is 1.28. The molecular weight excluding hydrogens is 318 g/mol. The van der Waals surface area contributed by atoms with E-state index in [1.54, 1.807) is 13.1 Å². The standard InChI is InChI=1S/C20H17NO2S/c1-14-13-17(22)20(24-18-9-5-6-12-21-18)16(19(14)23)11-10-15-7-3-2-4-8-15/h2-9,12-13H,10-11H2,1H3. The maximum absolute atomic E-state index is 12.6. The first-order valence-electron chi connectivity index (χ1n) is 7.78. The van der Waals surface area contributed by atoms with E-state index < -0.39 is 0 Å². The zero-order chi connectivity index (χ0) is 16.9. The number of thioether (sulfide) groups is 1. The van der Waals surface area contributed by atoms with Crippen molar-refractivity contribution in [1.82, 2.24) is 4.98 Å². The molecule has 0 aliphatic heterocycles. The smallest absolute Gasteiger partial charge is 0.193 e. The number of aromatic nitrogens is 1. The van der Waals surface area contributed by atoms with Crippen LogP contribution in [0.25, 0.3) is 0 Å². The highest BCUT2D eigenvalue weighted by atomic mass is 32.2. The quantitative estimate of drug-likeness (QED) is 0.770. The van der Waals surface area contributed by atoms with Crippen LogP contribution in [0.5, 0.6) is 0 Å². The van der Waals surface area contributed by atoms with Gasteiger partial charge in [0.25, 0.3) is 0 Å². The summed E-state index contributed by atoms with van der Waals surface area (Å²) in [6.45, 7) is 1.70. The minimum Gasteiger partial charge on any atom is -0.289 e. The molecule has 0 saturated heterocycles. The van der Waals surface area contributed by atoms with Gasteiger partial charge in [0.05, 0.1) is 4.91 Å². The molecule has 1 aliphatic carbocycles. The van der Waals surface area contributed by atoms with Gasteiger partial charge in [-0.3, -0.25) is 9.59 Å². The van der Waals surface area contributed by atoms with Crippen molar-refractivity contribution < 1.29 is 9.59 Å². The number of Topliss-reactive ketones (excluding diaryl/α,β-unsaturated/α-hetero) is 1. The van der Waals surface area contributed by atoms with Gasteiger partial charge in [0.15, 0.2) is 11.6 Å². The minimum atomic E-state index is -0.106. The number of carbonyl (C=O) groups excluding carboxylic acids is 2. The summed E-state index contributed by atoms with van der Waals surface area (Å²) in [6, 6.07) is 15.5. The molecule has 0 N–H and O–H groups in total. The van der Waals surface area contributed by atoms with Gasteiger partial charge >= 0.3 is 0 Å². The van der Waals surface area contributed by atoms with Crippen molar-refractivity contribution in [2.75, 3.05) is 0 Å². The SMILES string of the molecule is CC1=CC(=O)C(Sc2ccccn2)=C(CCc2ccccc2)C1=O. The molecule has 0 unspecified atom stereocenters. The van der Waals surface area contributed by atoms with Crippen LogP contribution in [0.1, 0.15) is 18.9 Å². The molecule has 0 radical (unpaired) electrons. The highest BCUT2D eigenvalue weighted by Crippen LogP contribution is 2.34. The third-order valence-corrected chi connectivity index (χ3v) is 4.93. The van der Waals surface area contributed by atoms with E-state index in [-0.39, 0.29) is 11.6 Å². The summed E-state index contributed by atoms with van der Waals surface area (Å²) in [4.78, 5) is 29.8. The lowest BCUT2D eigenvalue weighted by molar-refractivity contribution is -0.115. The Labute approximate surface area is 145 Å². The molecule has 0 bridgehead atoms. The number of nitrogens with zero attached hydrogens (tertiary/aromatic N) is 1. The van der Waals surface area contributed by atoms with E-state index in [9.17, 15) is 9.59 Å². The van der Waals surface area contributed by atoms with Crippen molar-refractivity contribution in [2.45, 2.75) is 24.8 Å². The molecule has 1 aliphatic rings. The molecule has 0 atom stereocenters. The Bertz CT molecular complexity index is 823. The zero-order valence-corrected chi connectivity index (χ0v) is 14.2. The average Bonchev–Trinajstić information content (AvgIpc) is 2.61. The van der Waals surface area contributed by atoms with Crippen LogP contribution in [0, 0.1) is 0 Å². The lowest BCUT2D eigenvalue weighted by Crippen LogP contribution is -2.17. The number of hydrogen-bond acceptors (Lipinski definition) is 4. The number of benzene rings is 1. The van der Waals surface area contributed by atoms with Crippen LogP contribution in [0.2, 0.25) is 0 Å². The van der Waals surface area contributed by atoms with E-state index in [0.29, 0.717) is 22.5 Å². The molecule has 2 aromatic rings. The maximum atomic E-state index is 12.6. The summed E-state index contributed by atoms with van der Waals surface area (Å²) < 4.78 is 0. The molecule has 0 fully saturated rings. The molecule has 120 valence electrons. The van der Waals surface area contributed by atoms with E-state index in [2.05, 4.69) is 4.98 Å². The maximum Gasteiger partial charge on any atom is 0.193 e. The lowest BCUT2D eigenvalue weighted by atomic mass is 9.92. The van der Waals surface area contributed by atoms with E-state index >= 15 is 0 Å². The summed E-state index contributed by atoms with van der Waals surface area (Å²) in [5, 5.41) is 0.721. The van der Waals surface area contributed by atoms with Gasteiger partial charge in [-0.25, -0.2) is 4.98 Å². The summed E-state index contributed by atoms with van der Waals surface area (Å²) in [7, 11) is 0.